The number of nitrogens with zero attached hydrogens (tertiary/aromatic N) is 2. The lowest BCUT2D eigenvalue weighted by molar-refractivity contribution is 0.318. The molecule has 0 aliphatic carbocycles. The van der Waals surface area contributed by atoms with Crippen LogP contribution in [0.3, 0.4) is 0 Å². The number of methoxy groups -OCH3 is 1. The van der Waals surface area contributed by atoms with Crippen molar-refractivity contribution in [2.45, 2.75) is 0 Å². The first kappa shape index (κ1) is 18.0. The van der Waals surface area contributed by atoms with Crippen molar-refractivity contribution in [3.63, 3.8) is 0 Å². The van der Waals surface area contributed by atoms with E-state index in [1.807, 2.05) is 49.5 Å². The van der Waals surface area contributed by atoms with Crippen LogP contribution in [-0.2, 0) is 0 Å². The molecule has 0 saturated heterocycles. The molecule has 1 aromatic carbocycles. The summed E-state index contributed by atoms with van der Waals surface area (Å²) in [6, 6.07) is 13.9. The van der Waals surface area contributed by atoms with Crippen LogP contribution in [0.15, 0.2) is 61.1 Å². The maximum Gasteiger partial charge on any atom is 0.146 e. The van der Waals surface area contributed by atoms with Crippen molar-refractivity contribution in [1.82, 2.24) is 20.3 Å². The summed E-state index contributed by atoms with van der Waals surface area (Å²) >= 11 is 0. The number of rotatable bonds is 7. The van der Waals surface area contributed by atoms with Gasteiger partial charge in [0.2, 0.25) is 0 Å². The summed E-state index contributed by atoms with van der Waals surface area (Å²) in [5.74, 6) is 1.52. The molecular weight excluding hydrogens is 352 g/mol. The summed E-state index contributed by atoms with van der Waals surface area (Å²) in [4.78, 5) is 12.4. The minimum absolute atomic E-state index is 0.553. The average Bonchev–Trinajstić information content (AvgIpc) is 3.13. The third-order valence-electron chi connectivity index (χ3n) is 4.59. The number of para-hydroxylation sites is 1. The van der Waals surface area contributed by atoms with Gasteiger partial charge in [-0.25, -0.2) is 0 Å². The van der Waals surface area contributed by atoms with Gasteiger partial charge < -0.3 is 19.8 Å². The molecule has 0 spiro atoms. The van der Waals surface area contributed by atoms with E-state index in [0.29, 0.717) is 6.61 Å². The van der Waals surface area contributed by atoms with Crippen LogP contribution >= 0.6 is 0 Å². The summed E-state index contributed by atoms with van der Waals surface area (Å²) in [5, 5.41) is 3.09. The summed E-state index contributed by atoms with van der Waals surface area (Å²) in [6.45, 7) is 1.31. The SMILES string of the molecule is CNCCOc1cnccc1-c1[nH]c2cccnc2c1-c1ccccc1OC. The van der Waals surface area contributed by atoms with E-state index in [4.69, 9.17) is 9.47 Å². The Balaban J connectivity index is 1.94. The number of ether oxygens (including phenoxy) is 2. The molecule has 0 radical (unpaired) electrons. The van der Waals surface area contributed by atoms with Gasteiger partial charge in [-0.05, 0) is 31.3 Å². The zero-order valence-corrected chi connectivity index (χ0v) is 15.9. The van der Waals surface area contributed by atoms with E-state index in [0.717, 1.165) is 51.5 Å². The predicted molar refractivity (Wildman–Crippen MR) is 111 cm³/mol. The average molecular weight is 374 g/mol. The molecule has 0 bridgehead atoms. The fraction of sp³-hybridized carbons (Fsp3) is 0.182. The number of benzene rings is 1. The zero-order valence-electron chi connectivity index (χ0n) is 15.9. The number of pyridine rings is 2. The standard InChI is InChI=1S/C22H22N4O2/c1-23-12-13-28-19-14-24-11-9-16(19)21-20(15-6-3-4-8-18(15)27-2)22-17(26-21)7-5-10-25-22/h3-11,14,23,26H,12-13H2,1-2H3. The van der Waals surface area contributed by atoms with Gasteiger partial charge >= 0.3 is 0 Å². The van der Waals surface area contributed by atoms with Crippen molar-refractivity contribution >= 4 is 11.0 Å². The van der Waals surface area contributed by atoms with Gasteiger partial charge in [0.25, 0.3) is 0 Å². The highest BCUT2D eigenvalue weighted by Crippen LogP contribution is 2.43. The quantitative estimate of drug-likeness (QED) is 0.480. The number of H-pyrrole nitrogens is 1. The van der Waals surface area contributed by atoms with E-state index < -0.39 is 0 Å². The lowest BCUT2D eigenvalue weighted by atomic mass is 9.99. The molecule has 0 atom stereocenters. The summed E-state index contributed by atoms with van der Waals surface area (Å²) in [5.41, 5.74) is 5.67. The molecule has 142 valence electrons. The van der Waals surface area contributed by atoms with Gasteiger partial charge in [-0.3, -0.25) is 9.97 Å². The third kappa shape index (κ3) is 3.30. The smallest absolute Gasteiger partial charge is 0.146 e. The Kier molecular flexibility index (Phi) is 5.21. The molecule has 6 nitrogen and oxygen atoms in total. The van der Waals surface area contributed by atoms with Crippen LogP contribution in [0.4, 0.5) is 0 Å². The highest BCUT2D eigenvalue weighted by molar-refractivity contribution is 6.03. The molecule has 0 aliphatic rings. The van der Waals surface area contributed by atoms with Crippen LogP contribution in [0.5, 0.6) is 11.5 Å². The molecule has 4 rings (SSSR count). The molecule has 0 amide bonds. The number of nitrogens with one attached hydrogen (secondary N) is 2. The summed E-state index contributed by atoms with van der Waals surface area (Å²) in [7, 11) is 3.58. The molecule has 0 unspecified atom stereocenters. The fourth-order valence-electron chi connectivity index (χ4n) is 3.30. The Morgan fingerprint density at radius 1 is 1.00 bits per heavy atom. The van der Waals surface area contributed by atoms with E-state index in [1.54, 1.807) is 25.7 Å². The monoisotopic (exact) mass is 374 g/mol. The molecule has 4 aromatic rings. The van der Waals surface area contributed by atoms with Gasteiger partial charge in [0.05, 0.1) is 30.0 Å². The lowest BCUT2D eigenvalue weighted by Gasteiger charge is -2.13. The van der Waals surface area contributed by atoms with Gasteiger partial charge in [-0.1, -0.05) is 18.2 Å². The Bertz CT molecular complexity index is 1090. The first-order valence-electron chi connectivity index (χ1n) is 9.15. The van der Waals surface area contributed by atoms with Crippen molar-refractivity contribution in [3.05, 3.63) is 61.1 Å². The predicted octanol–water partition coefficient (Wildman–Crippen LogP) is 3.90. The van der Waals surface area contributed by atoms with Crippen LogP contribution in [0.25, 0.3) is 33.4 Å². The molecule has 6 heteroatoms. The number of hydrogen-bond donors (Lipinski definition) is 2. The second-order valence-electron chi connectivity index (χ2n) is 6.30. The van der Waals surface area contributed by atoms with Gasteiger partial charge in [-0.15, -0.1) is 0 Å². The molecule has 3 aromatic heterocycles. The topological polar surface area (TPSA) is 72.1 Å². The minimum atomic E-state index is 0.553. The molecule has 0 aliphatic heterocycles. The number of hydrogen-bond acceptors (Lipinski definition) is 5. The van der Waals surface area contributed by atoms with E-state index in [9.17, 15) is 0 Å². The molecule has 0 fully saturated rings. The van der Waals surface area contributed by atoms with E-state index in [-0.39, 0.29) is 0 Å². The Morgan fingerprint density at radius 2 is 1.89 bits per heavy atom. The highest BCUT2D eigenvalue weighted by atomic mass is 16.5. The fourth-order valence-corrected chi connectivity index (χ4v) is 3.30. The van der Waals surface area contributed by atoms with Crippen LogP contribution in [0.2, 0.25) is 0 Å². The molecule has 3 heterocycles. The van der Waals surface area contributed by atoms with Crippen LogP contribution in [-0.4, -0.2) is 42.3 Å². The molecular formula is C22H22N4O2. The number of fused-ring (bicyclic) bond motifs is 1. The number of aromatic amines is 1. The Morgan fingerprint density at radius 3 is 2.75 bits per heavy atom. The van der Waals surface area contributed by atoms with Crippen molar-refractivity contribution in [1.29, 1.82) is 0 Å². The molecule has 2 N–H and O–H groups in total. The van der Waals surface area contributed by atoms with E-state index in [2.05, 4.69) is 20.3 Å². The van der Waals surface area contributed by atoms with Crippen molar-refractivity contribution in [2.24, 2.45) is 0 Å². The van der Waals surface area contributed by atoms with E-state index in [1.165, 1.54) is 0 Å². The highest BCUT2D eigenvalue weighted by Gasteiger charge is 2.21. The van der Waals surface area contributed by atoms with Crippen molar-refractivity contribution < 1.29 is 9.47 Å². The summed E-state index contributed by atoms with van der Waals surface area (Å²) < 4.78 is 11.6. The molecule has 0 saturated carbocycles. The van der Waals surface area contributed by atoms with Gasteiger partial charge in [0.1, 0.15) is 18.1 Å². The second kappa shape index (κ2) is 8.10. The van der Waals surface area contributed by atoms with Crippen LogP contribution in [0, 0.1) is 0 Å². The van der Waals surface area contributed by atoms with Crippen LogP contribution in [0.1, 0.15) is 0 Å². The van der Waals surface area contributed by atoms with Gasteiger partial charge in [-0.2, -0.15) is 0 Å². The second-order valence-corrected chi connectivity index (χ2v) is 6.30. The third-order valence-corrected chi connectivity index (χ3v) is 4.59. The zero-order chi connectivity index (χ0) is 19.3. The maximum atomic E-state index is 5.98. The lowest BCUT2D eigenvalue weighted by Crippen LogP contribution is -2.16. The first-order chi connectivity index (χ1) is 13.8. The Labute approximate surface area is 163 Å². The van der Waals surface area contributed by atoms with E-state index >= 15 is 0 Å². The number of likely N-dealkylation sites (N-methyl/N-ethyl adjacent to an activating group) is 1. The summed E-state index contributed by atoms with van der Waals surface area (Å²) in [6.07, 6.45) is 5.32. The molecule has 28 heavy (non-hydrogen) atoms. The normalized spacial score (nSPS) is 10.9. The Hall–Kier alpha value is -3.38. The van der Waals surface area contributed by atoms with Gasteiger partial charge in [0.15, 0.2) is 0 Å². The van der Waals surface area contributed by atoms with Crippen molar-refractivity contribution in [2.75, 3.05) is 27.3 Å². The van der Waals surface area contributed by atoms with Crippen LogP contribution < -0.4 is 14.8 Å². The maximum absolute atomic E-state index is 5.98. The first-order valence-corrected chi connectivity index (χ1v) is 9.15. The van der Waals surface area contributed by atoms with Gasteiger partial charge in [0, 0.05) is 35.6 Å². The van der Waals surface area contributed by atoms with Crippen molar-refractivity contribution in [3.8, 4) is 33.9 Å². The largest absolute Gasteiger partial charge is 0.496 e. The number of aromatic nitrogens is 3. The minimum Gasteiger partial charge on any atom is -0.496 e.